The Balaban J connectivity index is 1.69. The molecule has 3 aromatic rings. The van der Waals surface area contributed by atoms with Gasteiger partial charge in [-0.3, -0.25) is 9.52 Å². The summed E-state index contributed by atoms with van der Waals surface area (Å²) >= 11 is 4.63. The van der Waals surface area contributed by atoms with Gasteiger partial charge in [0.1, 0.15) is 4.21 Å². The van der Waals surface area contributed by atoms with Gasteiger partial charge in [0.15, 0.2) is 0 Å². The number of nitrogens with one attached hydrogen (secondary N) is 1. The summed E-state index contributed by atoms with van der Waals surface area (Å²) in [5.74, 6) is -0.140. The fourth-order valence-electron chi connectivity index (χ4n) is 2.48. The van der Waals surface area contributed by atoms with E-state index in [1.54, 1.807) is 53.7 Å². The zero-order chi connectivity index (χ0) is 19.4. The monoisotopic (exact) mass is 464 g/mol. The largest absolute Gasteiger partial charge is 0.337 e. The van der Waals surface area contributed by atoms with Crippen LogP contribution in [-0.2, 0) is 16.6 Å². The Kier molecular flexibility index (Phi) is 5.98. The number of halogens is 1. The summed E-state index contributed by atoms with van der Waals surface area (Å²) in [6.07, 6.45) is 0. The topological polar surface area (TPSA) is 66.5 Å². The van der Waals surface area contributed by atoms with E-state index in [1.807, 2.05) is 24.3 Å². The highest BCUT2D eigenvalue weighted by Crippen LogP contribution is 2.21. The molecule has 2 aromatic carbocycles. The highest BCUT2D eigenvalue weighted by atomic mass is 79.9. The van der Waals surface area contributed by atoms with Crippen LogP contribution in [0.1, 0.15) is 15.9 Å². The molecule has 1 aromatic heterocycles. The van der Waals surface area contributed by atoms with Crippen LogP contribution >= 0.6 is 27.3 Å². The summed E-state index contributed by atoms with van der Waals surface area (Å²) in [5, 5.41) is 1.71. The summed E-state index contributed by atoms with van der Waals surface area (Å²) < 4.78 is 28.2. The van der Waals surface area contributed by atoms with Gasteiger partial charge < -0.3 is 4.90 Å². The molecule has 1 N–H and O–H groups in total. The number of hydrogen-bond acceptors (Lipinski definition) is 4. The quantitative estimate of drug-likeness (QED) is 0.580. The van der Waals surface area contributed by atoms with Gasteiger partial charge in [0, 0.05) is 29.3 Å². The Bertz CT molecular complexity index is 1030. The number of rotatable bonds is 6. The number of nitrogens with zero attached hydrogens (tertiary/aromatic N) is 1. The van der Waals surface area contributed by atoms with Crippen LogP contribution < -0.4 is 4.72 Å². The Morgan fingerprint density at radius 1 is 1.07 bits per heavy atom. The highest BCUT2D eigenvalue weighted by Gasteiger charge is 2.16. The van der Waals surface area contributed by atoms with E-state index >= 15 is 0 Å². The van der Waals surface area contributed by atoms with Gasteiger partial charge in [-0.05, 0) is 47.3 Å². The second-order valence-corrected chi connectivity index (χ2v) is 9.58. The van der Waals surface area contributed by atoms with Crippen molar-refractivity contribution < 1.29 is 13.2 Å². The first-order chi connectivity index (χ1) is 12.9. The minimum absolute atomic E-state index is 0.140. The van der Waals surface area contributed by atoms with Gasteiger partial charge in [-0.2, -0.15) is 0 Å². The van der Waals surface area contributed by atoms with Crippen molar-refractivity contribution in [2.75, 3.05) is 11.8 Å². The average Bonchev–Trinajstić information content (AvgIpc) is 3.19. The molecule has 0 spiro atoms. The maximum absolute atomic E-state index is 12.6. The lowest BCUT2D eigenvalue weighted by Crippen LogP contribution is -2.26. The molecule has 8 heteroatoms. The molecule has 5 nitrogen and oxygen atoms in total. The van der Waals surface area contributed by atoms with Crippen LogP contribution in [0.4, 0.5) is 5.69 Å². The maximum atomic E-state index is 12.6. The van der Waals surface area contributed by atoms with Gasteiger partial charge >= 0.3 is 0 Å². The lowest BCUT2D eigenvalue weighted by atomic mass is 10.1. The summed E-state index contributed by atoms with van der Waals surface area (Å²) in [6, 6.07) is 17.4. The molecule has 0 radical (unpaired) electrons. The number of amides is 1. The van der Waals surface area contributed by atoms with E-state index < -0.39 is 10.0 Å². The third-order valence-corrected chi connectivity index (χ3v) is 7.41. The number of benzene rings is 2. The van der Waals surface area contributed by atoms with E-state index in [1.165, 1.54) is 0 Å². The molecule has 0 atom stereocenters. The fraction of sp³-hybridized carbons (Fsp3) is 0.105. The normalized spacial score (nSPS) is 11.2. The van der Waals surface area contributed by atoms with Crippen LogP contribution in [-0.4, -0.2) is 26.3 Å². The van der Waals surface area contributed by atoms with Crippen molar-refractivity contribution >= 4 is 48.9 Å². The Morgan fingerprint density at radius 2 is 1.78 bits per heavy atom. The molecule has 0 fully saturated rings. The summed E-state index contributed by atoms with van der Waals surface area (Å²) in [4.78, 5) is 14.2. The Labute approximate surface area is 170 Å². The van der Waals surface area contributed by atoms with Gasteiger partial charge in [0.25, 0.3) is 15.9 Å². The molecule has 0 saturated carbocycles. The van der Waals surface area contributed by atoms with Crippen molar-refractivity contribution in [2.24, 2.45) is 0 Å². The summed E-state index contributed by atoms with van der Waals surface area (Å²) in [5.41, 5.74) is 1.91. The second-order valence-electron chi connectivity index (χ2n) is 5.87. The zero-order valence-electron chi connectivity index (χ0n) is 14.4. The number of hydrogen-bond donors (Lipinski definition) is 1. The SMILES string of the molecule is CN(Cc1ccccc1Br)C(=O)c1ccc(NS(=O)(=O)c2cccs2)cc1. The van der Waals surface area contributed by atoms with Crippen LogP contribution in [0.3, 0.4) is 0 Å². The molecule has 0 saturated heterocycles. The standard InChI is InChI=1S/C19H17BrN2O3S2/c1-22(13-15-5-2-3-6-17(15)20)19(23)14-8-10-16(11-9-14)21-27(24,25)18-7-4-12-26-18/h2-12,21H,13H2,1H3. The number of carbonyl (C=O) groups is 1. The Morgan fingerprint density at radius 3 is 2.41 bits per heavy atom. The van der Waals surface area contributed by atoms with Crippen molar-refractivity contribution in [2.45, 2.75) is 10.8 Å². The van der Waals surface area contributed by atoms with Crippen LogP contribution in [0.2, 0.25) is 0 Å². The first-order valence-electron chi connectivity index (χ1n) is 8.02. The Hall–Kier alpha value is -2.16. The molecule has 0 unspecified atom stereocenters. The number of anilines is 1. The minimum atomic E-state index is -3.60. The van der Waals surface area contributed by atoms with Crippen LogP contribution in [0.25, 0.3) is 0 Å². The molecule has 0 aliphatic carbocycles. The first kappa shape index (κ1) is 19.6. The number of thiophene rings is 1. The van der Waals surface area contributed by atoms with Crippen molar-refractivity contribution in [1.29, 1.82) is 0 Å². The molecule has 0 aliphatic heterocycles. The van der Waals surface area contributed by atoms with Gasteiger partial charge in [0.05, 0.1) is 0 Å². The predicted molar refractivity (Wildman–Crippen MR) is 112 cm³/mol. The van der Waals surface area contributed by atoms with Crippen molar-refractivity contribution in [3.05, 3.63) is 81.6 Å². The molecule has 140 valence electrons. The smallest absolute Gasteiger partial charge is 0.271 e. The van der Waals surface area contributed by atoms with E-state index in [9.17, 15) is 13.2 Å². The van der Waals surface area contributed by atoms with Gasteiger partial charge in [-0.15, -0.1) is 11.3 Å². The molecule has 0 aliphatic rings. The summed E-state index contributed by atoms with van der Waals surface area (Å²) in [7, 11) is -1.87. The minimum Gasteiger partial charge on any atom is -0.337 e. The maximum Gasteiger partial charge on any atom is 0.271 e. The molecule has 0 bridgehead atoms. The van der Waals surface area contributed by atoms with Gasteiger partial charge in [0.2, 0.25) is 0 Å². The fourth-order valence-corrected chi connectivity index (χ4v) is 4.94. The second kappa shape index (κ2) is 8.24. The van der Waals surface area contributed by atoms with E-state index in [0.717, 1.165) is 21.4 Å². The van der Waals surface area contributed by atoms with Gasteiger partial charge in [-0.25, -0.2) is 8.42 Å². The van der Waals surface area contributed by atoms with E-state index in [0.29, 0.717) is 17.8 Å². The zero-order valence-corrected chi connectivity index (χ0v) is 17.6. The molecule has 1 amide bonds. The number of carbonyl (C=O) groups excluding carboxylic acids is 1. The van der Waals surface area contributed by atoms with E-state index in [4.69, 9.17) is 0 Å². The lowest BCUT2D eigenvalue weighted by Gasteiger charge is -2.18. The first-order valence-corrected chi connectivity index (χ1v) is 11.2. The van der Waals surface area contributed by atoms with E-state index in [2.05, 4.69) is 20.7 Å². The summed E-state index contributed by atoms with van der Waals surface area (Å²) in [6.45, 7) is 0.465. The van der Waals surface area contributed by atoms with Gasteiger partial charge in [-0.1, -0.05) is 40.2 Å². The third-order valence-electron chi connectivity index (χ3n) is 3.86. The predicted octanol–water partition coefficient (Wildman–Crippen LogP) is 4.58. The number of sulfonamides is 1. The molecule has 1 heterocycles. The lowest BCUT2D eigenvalue weighted by molar-refractivity contribution is 0.0785. The molecule has 27 heavy (non-hydrogen) atoms. The average molecular weight is 465 g/mol. The molecular formula is C19H17BrN2O3S2. The van der Waals surface area contributed by atoms with E-state index in [-0.39, 0.29) is 10.1 Å². The molecule has 3 rings (SSSR count). The van der Waals surface area contributed by atoms with Crippen molar-refractivity contribution in [3.63, 3.8) is 0 Å². The van der Waals surface area contributed by atoms with Crippen molar-refractivity contribution in [3.8, 4) is 0 Å². The van der Waals surface area contributed by atoms with Crippen molar-refractivity contribution in [1.82, 2.24) is 4.90 Å². The van der Waals surface area contributed by atoms with Crippen LogP contribution in [0.5, 0.6) is 0 Å². The van der Waals surface area contributed by atoms with Crippen LogP contribution in [0, 0.1) is 0 Å². The molecular weight excluding hydrogens is 448 g/mol. The van der Waals surface area contributed by atoms with Crippen LogP contribution in [0.15, 0.2) is 74.7 Å². The third kappa shape index (κ3) is 4.77. The highest BCUT2D eigenvalue weighted by molar-refractivity contribution is 9.10.